The lowest BCUT2D eigenvalue weighted by atomic mass is 9.49. The number of benzene rings is 4. The van der Waals surface area contributed by atoms with Crippen LogP contribution in [0.5, 0.6) is 17.2 Å². The number of imide groups is 2. The normalized spacial score (nSPS) is 27.2. The van der Waals surface area contributed by atoms with Crippen molar-refractivity contribution in [1.29, 1.82) is 0 Å². The number of fused-ring (bicyclic) bond motifs is 4. The van der Waals surface area contributed by atoms with Crippen LogP contribution in [0.4, 0.5) is 5.69 Å². The number of rotatable bonds is 9. The first kappa shape index (κ1) is 37.6. The van der Waals surface area contributed by atoms with Crippen molar-refractivity contribution >= 4 is 29.3 Å². The molecule has 4 fully saturated rings. The summed E-state index contributed by atoms with van der Waals surface area (Å²) in [5, 5.41) is 13.1. The van der Waals surface area contributed by atoms with Gasteiger partial charge in [-0.3, -0.25) is 34.4 Å². The molecule has 11 heteroatoms. The zero-order chi connectivity index (χ0) is 40.3. The molecule has 0 aromatic heterocycles. The van der Waals surface area contributed by atoms with Crippen LogP contribution in [0.1, 0.15) is 53.9 Å². The number of anilines is 1. The number of piperidine rings is 1. The highest BCUT2D eigenvalue weighted by Gasteiger charge is 2.71. The van der Waals surface area contributed by atoms with Crippen molar-refractivity contribution in [2.75, 3.05) is 32.7 Å². The average molecular weight is 781 g/mol. The Labute approximate surface area is 338 Å². The van der Waals surface area contributed by atoms with Crippen molar-refractivity contribution < 1.29 is 33.8 Å². The number of phenolic OH excluding ortho intramolecular Hbond substituents is 1. The number of aryl methyl sites for hydroxylation is 1. The number of nitrogens with zero attached hydrogens (tertiary/aromatic N) is 3. The van der Waals surface area contributed by atoms with Crippen LogP contribution in [-0.2, 0) is 31.1 Å². The van der Waals surface area contributed by atoms with Gasteiger partial charge in [0.1, 0.15) is 17.2 Å². The number of likely N-dealkylation sites (tertiary alicyclic amines) is 2. The zero-order valence-electron chi connectivity index (χ0n) is 33.0. The van der Waals surface area contributed by atoms with E-state index in [4.69, 9.17) is 9.47 Å². The number of amides is 4. The SMILES string of the molecule is COc1cc(O)c([C@H]2C3=CC[C@@H]4C(=O)N(C5CCN(Cc6ccccc6)CC5)C(=O)[C@@H]4[C@@H]3C[C@H]3C(=O)N(Nc4ccc(C)cc4)C(=O)[C@@]23c2ccccc2)c(OC)c1. The highest BCUT2D eigenvalue weighted by molar-refractivity contribution is 6.13. The maximum Gasteiger partial charge on any atom is 0.260 e. The molecule has 5 aliphatic rings. The summed E-state index contributed by atoms with van der Waals surface area (Å²) in [6, 6.07) is 29.9. The Morgan fingerprint density at radius 3 is 2.17 bits per heavy atom. The molecule has 3 saturated heterocycles. The van der Waals surface area contributed by atoms with Gasteiger partial charge in [-0.05, 0) is 61.8 Å². The molecule has 2 N–H and O–H groups in total. The van der Waals surface area contributed by atoms with Gasteiger partial charge < -0.3 is 14.6 Å². The third-order valence-electron chi connectivity index (χ3n) is 13.4. The fraction of sp³-hybridized carbons (Fsp3) is 0.362. The third kappa shape index (κ3) is 5.89. The second kappa shape index (κ2) is 14.8. The molecular formula is C47H48N4O7. The van der Waals surface area contributed by atoms with Crippen molar-refractivity contribution in [2.24, 2.45) is 23.7 Å². The summed E-state index contributed by atoms with van der Waals surface area (Å²) < 4.78 is 11.5. The molecule has 4 amide bonds. The quantitative estimate of drug-likeness (QED) is 0.147. The zero-order valence-corrected chi connectivity index (χ0v) is 33.0. The van der Waals surface area contributed by atoms with Gasteiger partial charge in [-0.2, -0.15) is 5.01 Å². The first-order valence-corrected chi connectivity index (χ1v) is 20.2. The highest BCUT2D eigenvalue weighted by Crippen LogP contribution is 2.66. The van der Waals surface area contributed by atoms with E-state index in [0.29, 0.717) is 41.8 Å². The number of carbonyl (C=O) groups excluding carboxylic acids is 4. The van der Waals surface area contributed by atoms with Gasteiger partial charge in [-0.25, -0.2) is 0 Å². The molecule has 4 aromatic rings. The van der Waals surface area contributed by atoms with Crippen molar-refractivity contribution in [3.63, 3.8) is 0 Å². The minimum absolute atomic E-state index is 0.162. The van der Waals surface area contributed by atoms with E-state index in [1.54, 1.807) is 11.0 Å². The molecule has 58 heavy (non-hydrogen) atoms. The Bertz CT molecular complexity index is 2290. The Morgan fingerprint density at radius 2 is 1.50 bits per heavy atom. The van der Waals surface area contributed by atoms with E-state index >= 15 is 9.59 Å². The molecule has 0 radical (unpaired) electrons. The summed E-state index contributed by atoms with van der Waals surface area (Å²) in [6.45, 7) is 4.30. The van der Waals surface area contributed by atoms with Crippen molar-refractivity contribution in [3.05, 3.63) is 131 Å². The summed E-state index contributed by atoms with van der Waals surface area (Å²) in [7, 11) is 2.98. The first-order valence-electron chi connectivity index (χ1n) is 20.2. The largest absolute Gasteiger partial charge is 0.507 e. The van der Waals surface area contributed by atoms with E-state index in [0.717, 1.165) is 35.8 Å². The summed E-state index contributed by atoms with van der Waals surface area (Å²) >= 11 is 0. The summed E-state index contributed by atoms with van der Waals surface area (Å²) in [5.41, 5.74) is 6.07. The van der Waals surface area contributed by atoms with Gasteiger partial charge in [-0.1, -0.05) is 90.0 Å². The molecular weight excluding hydrogens is 733 g/mol. The van der Waals surface area contributed by atoms with E-state index in [2.05, 4.69) is 22.5 Å². The summed E-state index contributed by atoms with van der Waals surface area (Å²) in [4.78, 5) is 63.8. The highest BCUT2D eigenvalue weighted by atomic mass is 16.5. The first-order chi connectivity index (χ1) is 28.1. The Hall–Kier alpha value is -5.94. The third-order valence-corrected chi connectivity index (χ3v) is 13.4. The Balaban J connectivity index is 1.14. The summed E-state index contributed by atoms with van der Waals surface area (Å²) in [5.74, 6) is -4.60. The number of phenols is 1. The molecule has 0 bridgehead atoms. The number of aromatic hydroxyl groups is 1. The number of allylic oxidation sites excluding steroid dienone is 2. The number of methoxy groups -OCH3 is 2. The van der Waals surface area contributed by atoms with E-state index < -0.39 is 46.8 Å². The molecule has 3 aliphatic heterocycles. The molecule has 4 aromatic carbocycles. The van der Waals surface area contributed by atoms with Crippen LogP contribution in [0.3, 0.4) is 0 Å². The number of nitrogens with one attached hydrogen (secondary N) is 1. The standard InChI is InChI=1S/C47H48N4O7/c1-28-14-16-31(17-15-28)48-51-44(54)37-26-36-34(42(41-38(52)24-33(57-2)25-39(41)58-3)47(37,46(51)56)30-12-8-5-9-13-30)18-19-35-40(36)45(55)50(43(35)53)32-20-22-49(23-21-32)27-29-10-6-4-7-11-29/h4-18,24-25,32,35-37,40,42,48,52H,19-23,26-27H2,1-3H3/t35-,36+,37-,40-,42+,47+/m0/s1. The number of carbonyl (C=O) groups is 4. The molecule has 298 valence electrons. The predicted octanol–water partition coefficient (Wildman–Crippen LogP) is 6.37. The van der Waals surface area contributed by atoms with Gasteiger partial charge in [-0.15, -0.1) is 0 Å². The molecule has 2 aliphatic carbocycles. The van der Waals surface area contributed by atoms with Gasteiger partial charge in [0.15, 0.2) is 0 Å². The van der Waals surface area contributed by atoms with Crippen LogP contribution in [-0.4, -0.2) is 76.9 Å². The number of hydrazine groups is 1. The number of ether oxygens (including phenoxy) is 2. The van der Waals surface area contributed by atoms with Crippen LogP contribution in [0, 0.1) is 30.6 Å². The molecule has 6 atom stereocenters. The van der Waals surface area contributed by atoms with Crippen LogP contribution < -0.4 is 14.9 Å². The lowest BCUT2D eigenvalue weighted by Gasteiger charge is -2.50. The topological polar surface area (TPSA) is 129 Å². The monoisotopic (exact) mass is 780 g/mol. The Kier molecular flexibility index (Phi) is 9.59. The smallest absolute Gasteiger partial charge is 0.260 e. The average Bonchev–Trinajstić information content (AvgIpc) is 3.63. The van der Waals surface area contributed by atoms with Crippen LogP contribution in [0.2, 0.25) is 0 Å². The van der Waals surface area contributed by atoms with E-state index in [9.17, 15) is 14.7 Å². The van der Waals surface area contributed by atoms with Gasteiger partial charge in [0.05, 0.1) is 43.1 Å². The number of hydrogen-bond acceptors (Lipinski definition) is 9. The lowest BCUT2D eigenvalue weighted by molar-refractivity contribution is -0.144. The minimum atomic E-state index is -1.55. The maximum atomic E-state index is 15.5. The molecule has 1 saturated carbocycles. The lowest BCUT2D eigenvalue weighted by Crippen LogP contribution is -2.53. The molecule has 9 rings (SSSR count). The predicted molar refractivity (Wildman–Crippen MR) is 217 cm³/mol. The second-order valence-electron chi connectivity index (χ2n) is 16.4. The summed E-state index contributed by atoms with van der Waals surface area (Å²) in [6.07, 6.45) is 3.83. The van der Waals surface area contributed by atoms with E-state index in [1.807, 2.05) is 85.8 Å². The minimum Gasteiger partial charge on any atom is -0.507 e. The number of hydrogen-bond donors (Lipinski definition) is 2. The fourth-order valence-electron chi connectivity index (χ4n) is 10.8. The van der Waals surface area contributed by atoms with E-state index in [-0.39, 0.29) is 35.8 Å². The van der Waals surface area contributed by atoms with Crippen LogP contribution in [0.15, 0.2) is 109 Å². The fourth-order valence-corrected chi connectivity index (χ4v) is 10.8. The molecule has 3 heterocycles. The van der Waals surface area contributed by atoms with Crippen molar-refractivity contribution in [1.82, 2.24) is 14.8 Å². The van der Waals surface area contributed by atoms with Crippen molar-refractivity contribution in [2.45, 2.75) is 56.5 Å². The van der Waals surface area contributed by atoms with Crippen LogP contribution in [0.25, 0.3) is 0 Å². The van der Waals surface area contributed by atoms with Crippen molar-refractivity contribution in [3.8, 4) is 17.2 Å². The molecule has 11 nitrogen and oxygen atoms in total. The van der Waals surface area contributed by atoms with Gasteiger partial charge >= 0.3 is 0 Å². The van der Waals surface area contributed by atoms with Gasteiger partial charge in [0.25, 0.3) is 11.8 Å². The maximum absolute atomic E-state index is 15.5. The van der Waals surface area contributed by atoms with E-state index in [1.165, 1.54) is 25.8 Å². The van der Waals surface area contributed by atoms with Gasteiger partial charge in [0, 0.05) is 49.3 Å². The van der Waals surface area contributed by atoms with Crippen LogP contribution >= 0.6 is 0 Å². The second-order valence-corrected chi connectivity index (χ2v) is 16.4. The molecule has 0 spiro atoms. The Morgan fingerprint density at radius 1 is 0.810 bits per heavy atom. The van der Waals surface area contributed by atoms with Gasteiger partial charge in [0.2, 0.25) is 11.8 Å². The molecule has 0 unspecified atom stereocenters.